The minimum absolute atomic E-state index is 0.210. The third-order valence-electron chi connectivity index (χ3n) is 5.07. The van der Waals surface area contributed by atoms with Gasteiger partial charge in [0.25, 0.3) is 5.91 Å². The summed E-state index contributed by atoms with van der Waals surface area (Å²) in [4.78, 5) is 24.2. The summed E-state index contributed by atoms with van der Waals surface area (Å²) in [6.45, 7) is 3.93. The van der Waals surface area contributed by atoms with E-state index in [0.29, 0.717) is 11.4 Å². The second-order valence-electron chi connectivity index (χ2n) is 7.36. The molecule has 156 valence electrons. The number of aromatic amines is 1. The first-order valence-corrected chi connectivity index (χ1v) is 10.5. The minimum atomic E-state index is -0.310. The first-order valence-electron chi connectivity index (χ1n) is 9.72. The van der Waals surface area contributed by atoms with E-state index in [1.165, 1.54) is 11.2 Å². The van der Waals surface area contributed by atoms with Gasteiger partial charge in [-0.25, -0.2) is 9.97 Å². The van der Waals surface area contributed by atoms with Crippen molar-refractivity contribution < 1.29 is 4.79 Å². The summed E-state index contributed by atoms with van der Waals surface area (Å²) in [6, 6.07) is 5.70. The second kappa shape index (κ2) is 7.47. The van der Waals surface area contributed by atoms with E-state index in [-0.39, 0.29) is 11.9 Å². The van der Waals surface area contributed by atoms with E-state index in [9.17, 15) is 4.79 Å². The van der Waals surface area contributed by atoms with Gasteiger partial charge in [0, 0.05) is 35.4 Å². The third kappa shape index (κ3) is 3.50. The smallest absolute Gasteiger partial charge is 0.253 e. The number of rotatable bonds is 5. The first kappa shape index (κ1) is 19.2. The quantitative estimate of drug-likeness (QED) is 0.443. The molecular weight excluding hydrogens is 412 g/mol. The molecule has 0 bridgehead atoms. The Morgan fingerprint density at radius 1 is 1.23 bits per heavy atom. The molecule has 31 heavy (non-hydrogen) atoms. The van der Waals surface area contributed by atoms with Gasteiger partial charge in [-0.1, -0.05) is 0 Å². The second-order valence-corrected chi connectivity index (χ2v) is 8.65. The van der Waals surface area contributed by atoms with Gasteiger partial charge in [-0.15, -0.1) is 11.3 Å². The van der Waals surface area contributed by atoms with Crippen LogP contribution in [-0.2, 0) is 7.05 Å². The van der Waals surface area contributed by atoms with Crippen LogP contribution >= 0.6 is 11.3 Å². The van der Waals surface area contributed by atoms with E-state index in [0.717, 1.165) is 27.3 Å². The molecule has 1 unspecified atom stereocenters. The van der Waals surface area contributed by atoms with E-state index in [2.05, 4.69) is 49.6 Å². The van der Waals surface area contributed by atoms with Crippen molar-refractivity contribution in [2.24, 2.45) is 7.05 Å². The third-order valence-corrected chi connectivity index (χ3v) is 6.09. The molecule has 0 aromatic carbocycles. The molecule has 1 atom stereocenters. The maximum Gasteiger partial charge on any atom is 0.253 e. The van der Waals surface area contributed by atoms with Gasteiger partial charge in [-0.2, -0.15) is 10.2 Å². The highest BCUT2D eigenvalue weighted by molar-refractivity contribution is 7.15. The highest BCUT2D eigenvalue weighted by Crippen LogP contribution is 2.32. The number of nitrogens with zero attached hydrogens (tertiary/aromatic N) is 6. The zero-order valence-electron chi connectivity index (χ0n) is 17.2. The number of H-pyrrole nitrogens is 1. The van der Waals surface area contributed by atoms with Crippen molar-refractivity contribution in [2.45, 2.75) is 19.9 Å². The van der Waals surface area contributed by atoms with Gasteiger partial charge in [-0.05, 0) is 32.0 Å². The van der Waals surface area contributed by atoms with Gasteiger partial charge < -0.3 is 5.32 Å². The van der Waals surface area contributed by atoms with E-state index in [4.69, 9.17) is 0 Å². The average molecular weight is 433 g/mol. The number of pyridine rings is 1. The van der Waals surface area contributed by atoms with Crippen LogP contribution < -0.4 is 5.32 Å². The monoisotopic (exact) mass is 432 g/mol. The Kier molecular flexibility index (Phi) is 4.63. The average Bonchev–Trinajstić information content (AvgIpc) is 3.54. The van der Waals surface area contributed by atoms with Crippen LogP contribution in [0.1, 0.15) is 34.0 Å². The van der Waals surface area contributed by atoms with Crippen LogP contribution in [0, 0.1) is 6.92 Å². The summed E-state index contributed by atoms with van der Waals surface area (Å²) in [5, 5.41) is 13.9. The predicted molar refractivity (Wildman–Crippen MR) is 118 cm³/mol. The Balaban J connectivity index is 1.63. The van der Waals surface area contributed by atoms with Crippen LogP contribution in [0.5, 0.6) is 0 Å². The number of fused-ring (bicyclic) bond motifs is 1. The molecule has 5 heterocycles. The molecule has 0 spiro atoms. The molecule has 0 fully saturated rings. The number of carbonyl (C=O) groups excluding carboxylic acids is 1. The minimum Gasteiger partial charge on any atom is -0.342 e. The summed E-state index contributed by atoms with van der Waals surface area (Å²) in [6.07, 6.45) is 8.79. The number of hydrogen-bond donors (Lipinski definition) is 2. The van der Waals surface area contributed by atoms with E-state index >= 15 is 0 Å². The van der Waals surface area contributed by atoms with Gasteiger partial charge in [0.1, 0.15) is 17.8 Å². The van der Waals surface area contributed by atoms with Crippen LogP contribution in [-0.4, -0.2) is 40.3 Å². The lowest BCUT2D eigenvalue weighted by Gasteiger charge is -2.13. The van der Waals surface area contributed by atoms with Crippen LogP contribution in [0.25, 0.3) is 27.3 Å². The highest BCUT2D eigenvalue weighted by atomic mass is 32.1. The number of thiophene rings is 1. The number of hydrogen-bond acceptors (Lipinski definition) is 6. The zero-order valence-corrected chi connectivity index (χ0v) is 18.0. The lowest BCUT2D eigenvalue weighted by Crippen LogP contribution is -2.27. The van der Waals surface area contributed by atoms with E-state index < -0.39 is 0 Å². The summed E-state index contributed by atoms with van der Waals surface area (Å²) in [5.74, 6) is 0.386. The fourth-order valence-corrected chi connectivity index (χ4v) is 4.39. The summed E-state index contributed by atoms with van der Waals surface area (Å²) in [5.41, 5.74) is 3.97. The number of imidazole rings is 1. The van der Waals surface area contributed by atoms with Crippen molar-refractivity contribution in [2.75, 3.05) is 0 Å². The molecular formula is C21H20N8OS. The Hall–Kier alpha value is -3.79. The highest BCUT2D eigenvalue weighted by Gasteiger charge is 2.19. The van der Waals surface area contributed by atoms with Crippen molar-refractivity contribution in [3.8, 4) is 21.7 Å². The predicted octanol–water partition coefficient (Wildman–Crippen LogP) is 3.38. The van der Waals surface area contributed by atoms with Crippen LogP contribution in [0.3, 0.4) is 0 Å². The molecule has 1 amide bonds. The molecule has 2 N–H and O–H groups in total. The molecule has 0 saturated heterocycles. The van der Waals surface area contributed by atoms with Gasteiger partial charge in [0.15, 0.2) is 0 Å². The van der Waals surface area contributed by atoms with Crippen LogP contribution in [0.4, 0.5) is 0 Å². The maximum absolute atomic E-state index is 13.1. The standard InChI is InChI=1S/C21H20N8OS/c1-12-4-5-18(31-12)17-8-22-20-16(15-7-25-28(3)9-15)6-14(10-29(17)20)21(30)26-13(2)19-23-11-24-27-19/h4-11,13H,1-3H3,(H,26,30)(H,23,24,27). The maximum atomic E-state index is 13.1. The fraction of sp³-hybridized carbons (Fsp3) is 0.190. The molecule has 0 aliphatic carbocycles. The Labute approximate surface area is 181 Å². The number of aryl methyl sites for hydroxylation is 2. The summed E-state index contributed by atoms with van der Waals surface area (Å²) >= 11 is 1.69. The topological polar surface area (TPSA) is 106 Å². The Morgan fingerprint density at radius 2 is 2.10 bits per heavy atom. The fourth-order valence-electron chi connectivity index (χ4n) is 3.51. The first-order chi connectivity index (χ1) is 15.0. The van der Waals surface area contributed by atoms with Crippen LogP contribution in [0.15, 0.2) is 49.3 Å². The largest absolute Gasteiger partial charge is 0.342 e. The number of amides is 1. The van der Waals surface area contributed by atoms with E-state index in [1.54, 1.807) is 22.2 Å². The molecule has 0 saturated carbocycles. The summed E-state index contributed by atoms with van der Waals surface area (Å²) < 4.78 is 3.71. The Morgan fingerprint density at radius 3 is 2.77 bits per heavy atom. The lowest BCUT2D eigenvalue weighted by molar-refractivity contribution is 0.0938. The van der Waals surface area contributed by atoms with Crippen molar-refractivity contribution in [1.82, 2.24) is 39.7 Å². The van der Waals surface area contributed by atoms with E-state index in [1.807, 2.05) is 43.0 Å². The van der Waals surface area contributed by atoms with Crippen molar-refractivity contribution >= 4 is 22.9 Å². The lowest BCUT2D eigenvalue weighted by atomic mass is 10.1. The van der Waals surface area contributed by atoms with Gasteiger partial charge >= 0.3 is 0 Å². The van der Waals surface area contributed by atoms with Crippen molar-refractivity contribution in [1.29, 1.82) is 0 Å². The molecule has 0 aliphatic rings. The van der Waals surface area contributed by atoms with Crippen LogP contribution in [0.2, 0.25) is 0 Å². The molecule has 5 aromatic heterocycles. The molecule has 5 aromatic rings. The van der Waals surface area contributed by atoms with Gasteiger partial charge in [0.2, 0.25) is 0 Å². The van der Waals surface area contributed by atoms with Crippen molar-refractivity contribution in [3.05, 3.63) is 65.6 Å². The summed E-state index contributed by atoms with van der Waals surface area (Å²) in [7, 11) is 1.86. The Bertz CT molecular complexity index is 1380. The molecule has 5 rings (SSSR count). The van der Waals surface area contributed by atoms with Gasteiger partial charge in [0.05, 0.1) is 34.6 Å². The number of nitrogens with one attached hydrogen (secondary N) is 2. The molecule has 10 heteroatoms. The number of carbonyl (C=O) groups is 1. The van der Waals surface area contributed by atoms with Gasteiger partial charge in [-0.3, -0.25) is 19.0 Å². The van der Waals surface area contributed by atoms with Crippen molar-refractivity contribution in [3.63, 3.8) is 0 Å². The molecule has 0 aliphatic heterocycles. The SMILES string of the molecule is Cc1ccc(-c2cnc3c(-c4cnn(C)c4)cc(C(=O)NC(C)c4ncn[nH]4)cn23)s1. The number of aromatic nitrogens is 7. The zero-order chi connectivity index (χ0) is 21.5. The molecule has 9 nitrogen and oxygen atoms in total. The molecule has 0 radical (unpaired) electrons. The normalized spacial score (nSPS) is 12.4.